The van der Waals surface area contributed by atoms with Gasteiger partial charge in [0.25, 0.3) is 0 Å². The molecule has 4 aromatic rings. The maximum Gasteiger partial charge on any atom is 0.227 e. The number of pyridine rings is 1. The smallest absolute Gasteiger partial charge is 0.227 e. The number of aryl methyl sites for hydroxylation is 1. The van der Waals surface area contributed by atoms with Gasteiger partial charge in [-0.15, -0.1) is 11.3 Å². The van der Waals surface area contributed by atoms with Crippen LogP contribution in [0.25, 0.3) is 21.5 Å². The summed E-state index contributed by atoms with van der Waals surface area (Å²) in [6, 6.07) is 12.2. The van der Waals surface area contributed by atoms with Crippen LogP contribution in [0.5, 0.6) is 0 Å². The molecule has 1 saturated heterocycles. The van der Waals surface area contributed by atoms with Gasteiger partial charge in [-0.3, -0.25) is 0 Å². The lowest BCUT2D eigenvalue weighted by Crippen LogP contribution is -2.43. The summed E-state index contributed by atoms with van der Waals surface area (Å²) >= 11 is 1.69. The lowest BCUT2D eigenvalue weighted by molar-refractivity contribution is 0.585. The van der Waals surface area contributed by atoms with Crippen molar-refractivity contribution in [3.05, 3.63) is 53.8 Å². The van der Waals surface area contributed by atoms with Crippen molar-refractivity contribution in [2.45, 2.75) is 6.92 Å². The number of benzene rings is 1. The highest BCUT2D eigenvalue weighted by Gasteiger charge is 2.12. The van der Waals surface area contributed by atoms with Crippen LogP contribution >= 0.6 is 11.3 Å². The molecule has 4 heterocycles. The van der Waals surface area contributed by atoms with Crippen molar-refractivity contribution in [1.82, 2.24) is 25.3 Å². The first kappa shape index (κ1) is 18.0. The zero-order valence-corrected chi connectivity index (χ0v) is 16.9. The third-order valence-electron chi connectivity index (χ3n) is 4.89. The summed E-state index contributed by atoms with van der Waals surface area (Å²) in [4.78, 5) is 20.5. The Kier molecular flexibility index (Phi) is 4.79. The Bertz CT molecular complexity index is 1130. The lowest BCUT2D eigenvalue weighted by atomic mass is 10.2. The van der Waals surface area contributed by atoms with Crippen LogP contribution in [0.15, 0.2) is 48.8 Å². The van der Waals surface area contributed by atoms with Crippen LogP contribution in [-0.4, -0.2) is 46.1 Å². The van der Waals surface area contributed by atoms with Crippen LogP contribution in [0, 0.1) is 6.92 Å². The Morgan fingerprint density at radius 1 is 1.03 bits per heavy atom. The molecule has 0 amide bonds. The van der Waals surface area contributed by atoms with Gasteiger partial charge < -0.3 is 15.5 Å². The molecule has 0 saturated carbocycles. The molecule has 5 rings (SSSR count). The van der Waals surface area contributed by atoms with Gasteiger partial charge >= 0.3 is 0 Å². The summed E-state index contributed by atoms with van der Waals surface area (Å²) < 4.78 is 1.18. The summed E-state index contributed by atoms with van der Waals surface area (Å²) in [6.45, 7) is 5.98. The fourth-order valence-electron chi connectivity index (χ4n) is 3.45. The molecular weight excluding hydrogens is 382 g/mol. The van der Waals surface area contributed by atoms with E-state index in [-0.39, 0.29) is 0 Å². The van der Waals surface area contributed by atoms with E-state index in [1.165, 1.54) is 4.70 Å². The Labute approximate surface area is 172 Å². The highest BCUT2D eigenvalue weighted by Crippen LogP contribution is 2.26. The van der Waals surface area contributed by atoms with Crippen molar-refractivity contribution in [3.8, 4) is 11.3 Å². The fraction of sp³-hybridized carbons (Fsp3) is 0.238. The molecule has 0 atom stereocenters. The van der Waals surface area contributed by atoms with Crippen LogP contribution in [0.1, 0.15) is 5.01 Å². The van der Waals surface area contributed by atoms with E-state index in [1.807, 2.05) is 31.3 Å². The number of nitrogens with one attached hydrogen (secondary N) is 2. The summed E-state index contributed by atoms with van der Waals surface area (Å²) in [6.07, 6.45) is 3.65. The minimum atomic E-state index is 0.556. The van der Waals surface area contributed by atoms with Gasteiger partial charge in [-0.2, -0.15) is 0 Å². The summed E-state index contributed by atoms with van der Waals surface area (Å²) in [5.74, 6) is 1.56. The minimum absolute atomic E-state index is 0.556. The quantitative estimate of drug-likeness (QED) is 0.539. The van der Waals surface area contributed by atoms with Gasteiger partial charge in [-0.1, -0.05) is 0 Å². The van der Waals surface area contributed by atoms with Gasteiger partial charge in [0.05, 0.1) is 20.9 Å². The van der Waals surface area contributed by atoms with Crippen LogP contribution < -0.4 is 15.5 Å². The van der Waals surface area contributed by atoms with Crippen molar-refractivity contribution in [3.63, 3.8) is 0 Å². The monoisotopic (exact) mass is 403 g/mol. The summed E-state index contributed by atoms with van der Waals surface area (Å²) in [5, 5.41) is 7.71. The third kappa shape index (κ3) is 3.90. The third-order valence-corrected chi connectivity index (χ3v) is 5.84. The number of aromatic nitrogens is 4. The summed E-state index contributed by atoms with van der Waals surface area (Å²) in [7, 11) is 0. The van der Waals surface area contributed by atoms with Gasteiger partial charge in [0.1, 0.15) is 5.82 Å². The van der Waals surface area contributed by atoms with E-state index in [0.29, 0.717) is 5.95 Å². The van der Waals surface area contributed by atoms with E-state index in [0.717, 1.165) is 59.5 Å². The molecule has 0 spiro atoms. The molecule has 1 aliphatic rings. The zero-order chi connectivity index (χ0) is 19.6. The maximum absolute atomic E-state index is 4.66. The largest absolute Gasteiger partial charge is 0.354 e. The lowest BCUT2D eigenvalue weighted by Gasteiger charge is -2.28. The predicted molar refractivity (Wildman–Crippen MR) is 118 cm³/mol. The number of anilines is 3. The number of fused-ring (bicyclic) bond motifs is 1. The first-order valence-electron chi connectivity index (χ1n) is 9.64. The van der Waals surface area contributed by atoms with Crippen LogP contribution in [0.2, 0.25) is 0 Å². The zero-order valence-electron chi connectivity index (χ0n) is 16.1. The van der Waals surface area contributed by atoms with Crippen molar-refractivity contribution in [2.75, 3.05) is 36.4 Å². The van der Waals surface area contributed by atoms with E-state index in [9.17, 15) is 0 Å². The number of hydrogen-bond acceptors (Lipinski definition) is 8. The molecule has 7 nitrogen and oxygen atoms in total. The molecular formula is C21H21N7S. The van der Waals surface area contributed by atoms with Gasteiger partial charge in [0.2, 0.25) is 5.95 Å². The molecule has 1 aromatic carbocycles. The van der Waals surface area contributed by atoms with Crippen molar-refractivity contribution in [2.24, 2.45) is 0 Å². The van der Waals surface area contributed by atoms with E-state index < -0.39 is 0 Å². The number of hydrogen-bond donors (Lipinski definition) is 2. The molecule has 3 aromatic heterocycles. The van der Waals surface area contributed by atoms with E-state index in [1.54, 1.807) is 17.5 Å². The normalized spacial score (nSPS) is 14.3. The number of nitrogens with zero attached hydrogens (tertiary/aromatic N) is 5. The van der Waals surface area contributed by atoms with Gasteiger partial charge in [-0.25, -0.2) is 19.9 Å². The number of rotatable bonds is 4. The molecule has 1 fully saturated rings. The highest BCUT2D eigenvalue weighted by molar-refractivity contribution is 7.18. The second-order valence-electron chi connectivity index (χ2n) is 6.95. The van der Waals surface area contributed by atoms with Gasteiger partial charge in [0, 0.05) is 49.8 Å². The van der Waals surface area contributed by atoms with Crippen molar-refractivity contribution >= 4 is 39.0 Å². The number of thiazole rings is 1. The van der Waals surface area contributed by atoms with E-state index >= 15 is 0 Å². The number of piperazine rings is 1. The Morgan fingerprint density at radius 3 is 2.76 bits per heavy atom. The molecule has 146 valence electrons. The second-order valence-corrected chi connectivity index (χ2v) is 8.18. The highest BCUT2D eigenvalue weighted by atomic mass is 32.1. The van der Waals surface area contributed by atoms with Crippen molar-refractivity contribution in [1.29, 1.82) is 0 Å². The molecule has 0 unspecified atom stereocenters. The van der Waals surface area contributed by atoms with Crippen LogP contribution in [0.3, 0.4) is 0 Å². The standard InChI is InChI=1S/C21H21N7S/c1-14-25-18-12-16(3-4-19(18)29-14)26-21-23-7-6-17(27-21)15-2-5-20(24-13-15)28-10-8-22-9-11-28/h2-7,12-13,22H,8-11H2,1H3,(H,23,26,27). The molecule has 29 heavy (non-hydrogen) atoms. The molecule has 8 heteroatoms. The van der Waals surface area contributed by atoms with E-state index in [2.05, 4.69) is 53.7 Å². The molecule has 0 bridgehead atoms. The maximum atomic E-state index is 4.66. The molecule has 1 aliphatic heterocycles. The second kappa shape index (κ2) is 7.73. The topological polar surface area (TPSA) is 78.9 Å². The Hall–Kier alpha value is -3.10. The van der Waals surface area contributed by atoms with Crippen molar-refractivity contribution < 1.29 is 0 Å². The Balaban J connectivity index is 1.35. The fourth-order valence-corrected chi connectivity index (χ4v) is 4.26. The molecule has 0 radical (unpaired) electrons. The average Bonchev–Trinajstić information content (AvgIpc) is 3.14. The molecule has 2 N–H and O–H groups in total. The average molecular weight is 404 g/mol. The first-order chi connectivity index (χ1) is 14.2. The van der Waals surface area contributed by atoms with Gasteiger partial charge in [-0.05, 0) is 43.3 Å². The first-order valence-corrected chi connectivity index (χ1v) is 10.5. The Morgan fingerprint density at radius 2 is 1.93 bits per heavy atom. The van der Waals surface area contributed by atoms with Crippen LogP contribution in [0.4, 0.5) is 17.5 Å². The minimum Gasteiger partial charge on any atom is -0.354 e. The predicted octanol–water partition coefficient (Wildman–Crippen LogP) is 3.61. The SMILES string of the molecule is Cc1nc2cc(Nc3nccc(-c4ccc(N5CCNCC5)nc4)n3)ccc2s1. The van der Waals surface area contributed by atoms with Gasteiger partial charge in [0.15, 0.2) is 0 Å². The summed E-state index contributed by atoms with van der Waals surface area (Å²) in [5.41, 5.74) is 3.72. The van der Waals surface area contributed by atoms with E-state index in [4.69, 9.17) is 0 Å². The molecule has 0 aliphatic carbocycles. The van der Waals surface area contributed by atoms with Crippen LogP contribution in [-0.2, 0) is 0 Å².